The molecule has 0 spiro atoms. The number of nitrogens with one attached hydrogen (secondary N) is 1. The molecule has 3 aromatic carbocycles. The molecular weight excluding hydrogens is 344 g/mol. The first-order valence-electron chi connectivity index (χ1n) is 8.25. The predicted octanol–water partition coefficient (Wildman–Crippen LogP) is 3.79. The van der Waals surface area contributed by atoms with Crippen LogP contribution >= 0.6 is 0 Å². The third-order valence-electron chi connectivity index (χ3n) is 4.62. The van der Waals surface area contributed by atoms with Gasteiger partial charge >= 0.3 is 5.97 Å². The smallest absolute Gasteiger partial charge is 0.335 e. The lowest BCUT2D eigenvalue weighted by molar-refractivity contribution is 0.0696. The largest absolute Gasteiger partial charge is 0.497 e. The highest BCUT2D eigenvalue weighted by atomic mass is 16.5. The second-order valence-electron chi connectivity index (χ2n) is 6.23. The van der Waals surface area contributed by atoms with Crippen LogP contribution in [0.2, 0.25) is 0 Å². The first kappa shape index (κ1) is 16.7. The van der Waals surface area contributed by atoms with Crippen molar-refractivity contribution < 1.29 is 19.4 Å². The zero-order valence-corrected chi connectivity index (χ0v) is 14.4. The van der Waals surface area contributed by atoms with Crippen LogP contribution in [0, 0.1) is 0 Å². The molecular formula is C21H16N2O4. The molecule has 0 unspecified atom stereocenters. The van der Waals surface area contributed by atoms with Crippen molar-refractivity contribution in [3.05, 3.63) is 65.7 Å². The summed E-state index contributed by atoms with van der Waals surface area (Å²) in [6, 6.07) is 16.0. The van der Waals surface area contributed by atoms with Crippen LogP contribution in [0.5, 0.6) is 5.75 Å². The van der Waals surface area contributed by atoms with Crippen molar-refractivity contribution in [1.29, 1.82) is 0 Å². The van der Waals surface area contributed by atoms with Crippen molar-refractivity contribution in [1.82, 2.24) is 4.98 Å². The minimum Gasteiger partial charge on any atom is -0.497 e. The van der Waals surface area contributed by atoms with Gasteiger partial charge < -0.3 is 20.6 Å². The second-order valence-corrected chi connectivity index (χ2v) is 6.23. The van der Waals surface area contributed by atoms with Crippen molar-refractivity contribution in [3.8, 4) is 16.9 Å². The summed E-state index contributed by atoms with van der Waals surface area (Å²) in [4.78, 5) is 26.4. The summed E-state index contributed by atoms with van der Waals surface area (Å²) in [7, 11) is 1.59. The highest BCUT2D eigenvalue weighted by Gasteiger charge is 2.16. The van der Waals surface area contributed by atoms with E-state index in [0.29, 0.717) is 22.3 Å². The molecule has 0 saturated heterocycles. The first-order chi connectivity index (χ1) is 13.0. The number of nitrogens with two attached hydrogens (primary N) is 1. The third kappa shape index (κ3) is 2.77. The highest BCUT2D eigenvalue weighted by Crippen LogP contribution is 2.34. The second kappa shape index (κ2) is 6.17. The molecule has 1 aromatic heterocycles. The molecule has 0 bridgehead atoms. The number of aromatic nitrogens is 1. The molecule has 0 aliphatic heterocycles. The van der Waals surface area contributed by atoms with E-state index >= 15 is 0 Å². The molecule has 0 aliphatic rings. The summed E-state index contributed by atoms with van der Waals surface area (Å²) < 4.78 is 5.28. The minimum atomic E-state index is -1.01. The Morgan fingerprint density at radius 2 is 1.81 bits per heavy atom. The summed E-state index contributed by atoms with van der Waals surface area (Å²) in [5.74, 6) is -0.865. The number of H-pyrrole nitrogens is 1. The van der Waals surface area contributed by atoms with Crippen LogP contribution in [0.25, 0.3) is 32.9 Å². The van der Waals surface area contributed by atoms with E-state index in [0.717, 1.165) is 21.9 Å². The molecule has 0 atom stereocenters. The van der Waals surface area contributed by atoms with Crippen molar-refractivity contribution in [2.45, 2.75) is 0 Å². The number of carbonyl (C=O) groups excluding carboxylic acids is 1. The summed E-state index contributed by atoms with van der Waals surface area (Å²) in [5.41, 5.74) is 9.05. The average molecular weight is 360 g/mol. The van der Waals surface area contributed by atoms with Gasteiger partial charge in [0.15, 0.2) is 0 Å². The monoisotopic (exact) mass is 360 g/mol. The van der Waals surface area contributed by atoms with Gasteiger partial charge in [0.1, 0.15) is 5.75 Å². The number of primary amides is 1. The molecule has 0 fully saturated rings. The fourth-order valence-corrected chi connectivity index (χ4v) is 3.30. The van der Waals surface area contributed by atoms with Crippen LogP contribution in [0.4, 0.5) is 0 Å². The Kier molecular flexibility index (Phi) is 3.81. The van der Waals surface area contributed by atoms with E-state index in [1.54, 1.807) is 31.4 Å². The number of carboxylic acids is 1. The van der Waals surface area contributed by atoms with Crippen molar-refractivity contribution in [2.24, 2.45) is 5.73 Å². The number of rotatable bonds is 4. The van der Waals surface area contributed by atoms with Gasteiger partial charge in [0.2, 0.25) is 0 Å². The Morgan fingerprint density at radius 3 is 2.52 bits per heavy atom. The van der Waals surface area contributed by atoms with Crippen LogP contribution in [0.3, 0.4) is 0 Å². The van der Waals surface area contributed by atoms with Gasteiger partial charge in [0.25, 0.3) is 5.91 Å². The number of ether oxygens (including phenoxy) is 1. The van der Waals surface area contributed by atoms with Gasteiger partial charge in [-0.25, -0.2) is 4.79 Å². The number of aromatic carboxylic acids is 1. The van der Waals surface area contributed by atoms with E-state index in [4.69, 9.17) is 10.5 Å². The normalized spacial score (nSPS) is 11.0. The fourth-order valence-electron chi connectivity index (χ4n) is 3.30. The molecule has 0 aliphatic carbocycles. The van der Waals surface area contributed by atoms with Crippen molar-refractivity contribution in [3.63, 3.8) is 0 Å². The summed E-state index contributed by atoms with van der Waals surface area (Å²) in [6.45, 7) is 0. The molecule has 1 amide bonds. The average Bonchev–Trinajstić information content (AvgIpc) is 3.04. The number of methoxy groups -OCH3 is 1. The maximum absolute atomic E-state index is 12.1. The van der Waals surface area contributed by atoms with Crippen LogP contribution in [-0.4, -0.2) is 29.1 Å². The van der Waals surface area contributed by atoms with E-state index in [9.17, 15) is 14.7 Å². The molecule has 6 heteroatoms. The molecule has 4 N–H and O–H groups in total. The Morgan fingerprint density at radius 1 is 1.00 bits per heavy atom. The molecule has 4 aromatic rings. The van der Waals surface area contributed by atoms with Gasteiger partial charge in [0, 0.05) is 16.3 Å². The van der Waals surface area contributed by atoms with Crippen LogP contribution in [-0.2, 0) is 0 Å². The number of hydrogen-bond donors (Lipinski definition) is 3. The zero-order chi connectivity index (χ0) is 19.1. The van der Waals surface area contributed by atoms with E-state index in [1.807, 2.05) is 30.3 Å². The Bertz CT molecular complexity index is 1220. The number of carbonyl (C=O) groups is 2. The van der Waals surface area contributed by atoms with Crippen molar-refractivity contribution in [2.75, 3.05) is 7.11 Å². The topological polar surface area (TPSA) is 105 Å². The Hall–Kier alpha value is -3.80. The molecule has 134 valence electrons. The van der Waals surface area contributed by atoms with Gasteiger partial charge in [-0.3, -0.25) is 4.79 Å². The number of carboxylic acid groups (broad SMARTS) is 1. The van der Waals surface area contributed by atoms with Crippen LogP contribution in [0.1, 0.15) is 20.7 Å². The van der Waals surface area contributed by atoms with Crippen LogP contribution in [0.15, 0.2) is 54.6 Å². The lowest BCUT2D eigenvalue weighted by Gasteiger charge is -2.08. The molecule has 0 saturated carbocycles. The summed E-state index contributed by atoms with van der Waals surface area (Å²) >= 11 is 0. The van der Waals surface area contributed by atoms with E-state index < -0.39 is 11.9 Å². The Labute approximate surface area is 154 Å². The number of aromatic amines is 1. The van der Waals surface area contributed by atoms with E-state index in [1.165, 1.54) is 0 Å². The SMILES string of the molecule is COc1cccc(-c2cc(C(N)=O)c3[nH]c4cc(C(=O)O)ccc4c3c2)c1. The number of amides is 1. The lowest BCUT2D eigenvalue weighted by atomic mass is 9.98. The summed E-state index contributed by atoms with van der Waals surface area (Å²) in [5, 5.41) is 10.8. The van der Waals surface area contributed by atoms with E-state index in [-0.39, 0.29) is 5.56 Å². The third-order valence-corrected chi connectivity index (χ3v) is 4.62. The van der Waals surface area contributed by atoms with Gasteiger partial charge in [-0.15, -0.1) is 0 Å². The molecule has 4 rings (SSSR count). The lowest BCUT2D eigenvalue weighted by Crippen LogP contribution is -2.11. The quantitative estimate of drug-likeness (QED) is 0.515. The molecule has 6 nitrogen and oxygen atoms in total. The van der Waals surface area contributed by atoms with Gasteiger partial charge in [-0.2, -0.15) is 0 Å². The zero-order valence-electron chi connectivity index (χ0n) is 14.4. The maximum atomic E-state index is 12.1. The van der Waals surface area contributed by atoms with Crippen molar-refractivity contribution >= 4 is 33.7 Å². The summed E-state index contributed by atoms with van der Waals surface area (Å²) in [6.07, 6.45) is 0. The molecule has 0 radical (unpaired) electrons. The fraction of sp³-hybridized carbons (Fsp3) is 0.0476. The standard InChI is InChI=1S/C21H16N2O4/c1-27-14-4-2-3-11(7-14)13-8-16-15-6-5-12(21(25)26)10-18(15)23-19(16)17(9-13)20(22)24/h2-10,23H,1H3,(H2,22,24)(H,25,26). The van der Waals surface area contributed by atoms with Gasteiger partial charge in [0.05, 0.1) is 23.8 Å². The number of benzene rings is 3. The molecule has 27 heavy (non-hydrogen) atoms. The molecule has 1 heterocycles. The predicted molar refractivity (Wildman–Crippen MR) is 103 cm³/mol. The van der Waals surface area contributed by atoms with Gasteiger partial charge in [-0.05, 0) is 47.5 Å². The first-order valence-corrected chi connectivity index (χ1v) is 8.25. The van der Waals surface area contributed by atoms with Crippen LogP contribution < -0.4 is 10.5 Å². The highest BCUT2D eigenvalue weighted by molar-refractivity contribution is 6.16. The maximum Gasteiger partial charge on any atom is 0.335 e. The minimum absolute atomic E-state index is 0.169. The number of fused-ring (bicyclic) bond motifs is 3. The number of hydrogen-bond acceptors (Lipinski definition) is 3. The van der Waals surface area contributed by atoms with Gasteiger partial charge in [-0.1, -0.05) is 18.2 Å². The van der Waals surface area contributed by atoms with E-state index in [2.05, 4.69) is 4.98 Å². The Balaban J connectivity index is 2.03.